The van der Waals surface area contributed by atoms with Crippen molar-refractivity contribution in [2.24, 2.45) is 5.10 Å². The van der Waals surface area contributed by atoms with Gasteiger partial charge in [0.05, 0.1) is 32.2 Å². The second kappa shape index (κ2) is 12.8. The first kappa shape index (κ1) is 26.7. The summed E-state index contributed by atoms with van der Waals surface area (Å²) in [6.07, 6.45) is 3.32. The van der Waals surface area contributed by atoms with Gasteiger partial charge in [0.2, 0.25) is 0 Å². The van der Waals surface area contributed by atoms with Gasteiger partial charge in [-0.05, 0) is 30.5 Å². The van der Waals surface area contributed by atoms with Crippen molar-refractivity contribution in [3.8, 4) is 11.5 Å². The van der Waals surface area contributed by atoms with Crippen molar-refractivity contribution in [3.05, 3.63) is 84.7 Å². The van der Waals surface area contributed by atoms with Crippen LogP contribution in [0.25, 0.3) is 10.8 Å². The molecule has 4 aromatic rings. The highest BCUT2D eigenvalue weighted by atomic mass is 32.2. The van der Waals surface area contributed by atoms with Crippen molar-refractivity contribution in [2.75, 3.05) is 19.5 Å². The van der Waals surface area contributed by atoms with Crippen LogP contribution in [-0.2, 0) is 17.9 Å². The molecule has 9 nitrogen and oxygen atoms in total. The Morgan fingerprint density at radius 1 is 1.13 bits per heavy atom. The van der Waals surface area contributed by atoms with Crippen LogP contribution < -0.4 is 20.2 Å². The summed E-state index contributed by atoms with van der Waals surface area (Å²) >= 11 is 1.31. The van der Waals surface area contributed by atoms with E-state index in [4.69, 9.17) is 9.47 Å². The number of amides is 1. The molecule has 38 heavy (non-hydrogen) atoms. The minimum Gasteiger partial charge on any atom is -0.497 e. The maximum Gasteiger partial charge on any atom is 0.253 e. The van der Waals surface area contributed by atoms with Crippen molar-refractivity contribution in [3.63, 3.8) is 0 Å². The predicted molar refractivity (Wildman–Crippen MR) is 152 cm³/mol. The van der Waals surface area contributed by atoms with Crippen molar-refractivity contribution in [1.29, 1.82) is 0 Å². The van der Waals surface area contributed by atoms with E-state index in [1.54, 1.807) is 45.4 Å². The van der Waals surface area contributed by atoms with Gasteiger partial charge < -0.3 is 19.4 Å². The number of aromatic nitrogens is 3. The van der Waals surface area contributed by atoms with Gasteiger partial charge in [-0.15, -0.1) is 16.8 Å². The van der Waals surface area contributed by atoms with E-state index in [1.807, 2.05) is 28.8 Å². The van der Waals surface area contributed by atoms with Crippen molar-refractivity contribution >= 4 is 40.3 Å². The number of carbonyl (C=O) groups excluding carboxylic acids is 1. The molecule has 0 saturated carbocycles. The van der Waals surface area contributed by atoms with Gasteiger partial charge in [0.1, 0.15) is 11.5 Å². The number of nitrogens with one attached hydrogen (secondary N) is 2. The first-order valence-electron chi connectivity index (χ1n) is 12.0. The molecule has 2 N–H and O–H groups in total. The molecule has 196 valence electrons. The molecule has 0 spiro atoms. The summed E-state index contributed by atoms with van der Waals surface area (Å²) in [6.45, 7) is 6.65. The lowest BCUT2D eigenvalue weighted by Crippen LogP contribution is -2.27. The van der Waals surface area contributed by atoms with Crippen LogP contribution in [0.5, 0.6) is 11.5 Å². The first-order valence-corrected chi connectivity index (χ1v) is 12.9. The molecule has 0 bridgehead atoms. The monoisotopic (exact) mass is 530 g/mol. The van der Waals surface area contributed by atoms with Crippen LogP contribution in [0.1, 0.15) is 18.3 Å². The highest BCUT2D eigenvalue weighted by Crippen LogP contribution is 2.26. The van der Waals surface area contributed by atoms with E-state index in [0.717, 1.165) is 22.3 Å². The average molecular weight is 531 g/mol. The molecular weight excluding hydrogens is 500 g/mol. The van der Waals surface area contributed by atoms with Gasteiger partial charge in [0.15, 0.2) is 11.0 Å². The third-order valence-electron chi connectivity index (χ3n) is 5.80. The Bertz CT molecular complexity index is 1450. The Labute approximate surface area is 225 Å². The van der Waals surface area contributed by atoms with Gasteiger partial charge in [-0.1, -0.05) is 54.2 Å². The van der Waals surface area contributed by atoms with Crippen LogP contribution in [0.15, 0.2) is 83.6 Å². The Morgan fingerprint density at radius 2 is 1.95 bits per heavy atom. The molecule has 3 aromatic carbocycles. The van der Waals surface area contributed by atoms with Crippen molar-refractivity contribution in [2.45, 2.75) is 30.4 Å². The Kier molecular flexibility index (Phi) is 8.99. The van der Waals surface area contributed by atoms with Crippen LogP contribution in [0, 0.1) is 0 Å². The predicted octanol–water partition coefficient (Wildman–Crippen LogP) is 4.88. The molecule has 1 heterocycles. The lowest BCUT2D eigenvalue weighted by atomic mass is 10.1. The van der Waals surface area contributed by atoms with Gasteiger partial charge in [0, 0.05) is 29.2 Å². The second-order valence-corrected chi connectivity index (χ2v) is 9.59. The number of allylic oxidation sites excluding steroid dienone is 1. The van der Waals surface area contributed by atoms with Crippen LogP contribution >= 0.6 is 11.8 Å². The first-order chi connectivity index (χ1) is 18.5. The quantitative estimate of drug-likeness (QED) is 0.117. The summed E-state index contributed by atoms with van der Waals surface area (Å²) in [5, 5.41) is 18.7. The number of benzene rings is 3. The second-order valence-electron chi connectivity index (χ2n) is 8.28. The van der Waals surface area contributed by atoms with Gasteiger partial charge in [-0.3, -0.25) is 4.79 Å². The fraction of sp³-hybridized carbons (Fsp3) is 0.214. The Balaban J connectivity index is 1.40. The molecule has 0 radical (unpaired) electrons. The van der Waals surface area contributed by atoms with Crippen molar-refractivity contribution in [1.82, 2.24) is 20.2 Å². The number of fused-ring (bicyclic) bond motifs is 1. The largest absolute Gasteiger partial charge is 0.497 e. The number of anilines is 1. The number of rotatable bonds is 12. The number of hydrogen-bond acceptors (Lipinski definition) is 8. The molecule has 1 amide bonds. The van der Waals surface area contributed by atoms with Crippen LogP contribution in [0.4, 0.5) is 5.69 Å². The van der Waals surface area contributed by atoms with E-state index in [9.17, 15) is 4.79 Å². The number of hydrazone groups is 1. The molecule has 1 atom stereocenters. The zero-order valence-electron chi connectivity index (χ0n) is 21.5. The third-order valence-corrected chi connectivity index (χ3v) is 6.88. The maximum absolute atomic E-state index is 12.7. The number of methoxy groups -OCH3 is 2. The van der Waals surface area contributed by atoms with Crippen molar-refractivity contribution < 1.29 is 14.3 Å². The number of ether oxygens (including phenoxy) is 2. The Morgan fingerprint density at radius 3 is 2.74 bits per heavy atom. The maximum atomic E-state index is 12.7. The van der Waals surface area contributed by atoms with E-state index in [0.29, 0.717) is 35.3 Å². The van der Waals surface area contributed by atoms with Gasteiger partial charge >= 0.3 is 0 Å². The molecule has 0 aliphatic carbocycles. The van der Waals surface area contributed by atoms with E-state index >= 15 is 0 Å². The molecular formula is C28H30N6O3S. The van der Waals surface area contributed by atoms with E-state index in [1.165, 1.54) is 18.0 Å². The number of carbonyl (C=O) groups is 1. The fourth-order valence-corrected chi connectivity index (χ4v) is 4.67. The molecule has 0 fully saturated rings. The van der Waals surface area contributed by atoms with Crippen LogP contribution in [0.2, 0.25) is 0 Å². The minimum atomic E-state index is -0.462. The van der Waals surface area contributed by atoms with Gasteiger partial charge in [-0.2, -0.15) is 5.10 Å². The lowest BCUT2D eigenvalue weighted by Gasteiger charge is -2.13. The fourth-order valence-electron chi connectivity index (χ4n) is 3.80. The van der Waals surface area contributed by atoms with Gasteiger partial charge in [0.25, 0.3) is 5.91 Å². The Hall–Kier alpha value is -4.31. The third kappa shape index (κ3) is 6.33. The zero-order valence-corrected chi connectivity index (χ0v) is 22.4. The molecule has 0 aliphatic rings. The highest BCUT2D eigenvalue weighted by molar-refractivity contribution is 8.00. The zero-order chi connectivity index (χ0) is 26.9. The lowest BCUT2D eigenvalue weighted by molar-refractivity contribution is -0.120. The summed E-state index contributed by atoms with van der Waals surface area (Å²) < 4.78 is 12.5. The average Bonchev–Trinajstić information content (AvgIpc) is 3.32. The SMILES string of the molecule is C=CCn1c(CNc2cccc3ccccc23)nnc1S[C@H](C)C(=O)NN=Cc1ccc(OC)cc1OC. The summed E-state index contributed by atoms with van der Waals surface area (Å²) in [6, 6.07) is 19.7. The number of nitrogens with zero attached hydrogens (tertiary/aromatic N) is 4. The van der Waals surface area contributed by atoms with E-state index in [2.05, 4.69) is 50.8 Å². The molecule has 4 rings (SSSR count). The van der Waals surface area contributed by atoms with Crippen LogP contribution in [0.3, 0.4) is 0 Å². The number of hydrogen-bond donors (Lipinski definition) is 2. The normalized spacial score (nSPS) is 11.9. The molecule has 1 aromatic heterocycles. The highest BCUT2D eigenvalue weighted by Gasteiger charge is 2.20. The topological polar surface area (TPSA) is 103 Å². The van der Waals surface area contributed by atoms with E-state index < -0.39 is 5.25 Å². The van der Waals surface area contributed by atoms with Gasteiger partial charge in [-0.25, -0.2) is 5.43 Å². The summed E-state index contributed by atoms with van der Waals surface area (Å²) in [5.41, 5.74) is 4.32. The minimum absolute atomic E-state index is 0.262. The molecule has 10 heteroatoms. The summed E-state index contributed by atoms with van der Waals surface area (Å²) in [5.74, 6) is 1.75. The molecule has 0 unspecified atom stereocenters. The number of thioether (sulfide) groups is 1. The van der Waals surface area contributed by atoms with E-state index in [-0.39, 0.29) is 5.91 Å². The summed E-state index contributed by atoms with van der Waals surface area (Å²) in [7, 11) is 3.15. The molecule has 0 aliphatic heterocycles. The van der Waals surface area contributed by atoms with Crippen LogP contribution in [-0.4, -0.2) is 46.4 Å². The standard InChI is InChI=1S/C28H30N6O3S/c1-5-15-34-26(18-29-24-12-8-10-20-9-6-7-11-23(20)24)31-33-28(34)38-19(2)27(35)32-30-17-21-13-14-22(36-3)16-25(21)37-4/h5-14,16-17,19,29H,1,15,18H2,2-4H3,(H,32,35)/t19-/m1/s1. The summed E-state index contributed by atoms with van der Waals surface area (Å²) in [4.78, 5) is 12.7. The smallest absolute Gasteiger partial charge is 0.253 e. The molecule has 0 saturated heterocycles.